The maximum absolute atomic E-state index is 13.5. The van der Waals surface area contributed by atoms with Gasteiger partial charge >= 0.3 is 5.97 Å². The van der Waals surface area contributed by atoms with E-state index in [1.54, 1.807) is 12.1 Å². The second kappa shape index (κ2) is 12.6. The third-order valence-corrected chi connectivity index (χ3v) is 5.82. The van der Waals surface area contributed by atoms with Crippen LogP contribution >= 0.6 is 23.5 Å². The molecule has 0 N–H and O–H groups in total. The van der Waals surface area contributed by atoms with Crippen LogP contribution in [-0.2, 0) is 14.4 Å². The normalized spacial score (nSPS) is 10.8. The fourth-order valence-electron chi connectivity index (χ4n) is 2.37. The lowest BCUT2D eigenvalue weighted by atomic mass is 10.2. The first-order chi connectivity index (χ1) is 15.2. The predicted molar refractivity (Wildman–Crippen MR) is 110 cm³/mol. The lowest BCUT2D eigenvalue weighted by Gasteiger charge is -2.08. The number of esters is 1. The lowest BCUT2D eigenvalue weighted by Crippen LogP contribution is -2.13. The number of carbonyl (C=O) groups is 3. The molecular formula is C21H17F5O4S2. The second-order valence-corrected chi connectivity index (χ2v) is 8.62. The summed E-state index contributed by atoms with van der Waals surface area (Å²) in [5.41, 5.74) is 0. The maximum atomic E-state index is 13.5. The Morgan fingerprint density at radius 2 is 1.28 bits per heavy atom. The van der Waals surface area contributed by atoms with Gasteiger partial charge in [-0.1, -0.05) is 41.7 Å². The Bertz CT molecular complexity index is 957. The molecule has 0 aromatic heterocycles. The SMILES string of the molecule is O=C(CCCCC(=O)SCCC(=O)Sc1ccccc1)Oc1c(F)c(F)c(F)c(F)c1F. The Morgan fingerprint density at radius 1 is 0.719 bits per heavy atom. The number of halogens is 5. The number of unbranched alkanes of at least 4 members (excludes halogenated alkanes) is 1. The van der Waals surface area contributed by atoms with Crippen LogP contribution in [0.3, 0.4) is 0 Å². The van der Waals surface area contributed by atoms with Gasteiger partial charge in [-0.3, -0.25) is 14.4 Å². The van der Waals surface area contributed by atoms with E-state index in [4.69, 9.17) is 0 Å². The van der Waals surface area contributed by atoms with Crippen LogP contribution in [-0.4, -0.2) is 22.0 Å². The largest absolute Gasteiger partial charge is 0.420 e. The van der Waals surface area contributed by atoms with Crippen LogP contribution in [0.25, 0.3) is 0 Å². The Kier molecular flexibility index (Phi) is 10.2. The van der Waals surface area contributed by atoms with E-state index in [0.29, 0.717) is 5.75 Å². The molecule has 0 fully saturated rings. The fraction of sp³-hybridized carbons (Fsp3) is 0.286. The highest BCUT2D eigenvalue weighted by Crippen LogP contribution is 2.29. The average molecular weight is 492 g/mol. The minimum atomic E-state index is -2.35. The molecule has 32 heavy (non-hydrogen) atoms. The molecule has 0 saturated carbocycles. The number of hydrogen-bond acceptors (Lipinski definition) is 6. The summed E-state index contributed by atoms with van der Waals surface area (Å²) in [7, 11) is 0. The summed E-state index contributed by atoms with van der Waals surface area (Å²) in [6.07, 6.45) is 0.239. The molecule has 0 radical (unpaired) electrons. The summed E-state index contributed by atoms with van der Waals surface area (Å²) in [6, 6.07) is 9.07. The first kappa shape index (κ1) is 25.9. The number of benzene rings is 2. The zero-order chi connectivity index (χ0) is 23.7. The molecule has 0 amide bonds. The fourth-order valence-corrected chi connectivity index (χ4v) is 4.06. The van der Waals surface area contributed by atoms with Crippen LogP contribution in [0.5, 0.6) is 5.75 Å². The van der Waals surface area contributed by atoms with Crippen LogP contribution in [0.4, 0.5) is 22.0 Å². The maximum Gasteiger partial charge on any atom is 0.311 e. The number of rotatable bonds is 10. The van der Waals surface area contributed by atoms with Crippen LogP contribution in [0, 0.1) is 29.1 Å². The van der Waals surface area contributed by atoms with Crippen molar-refractivity contribution in [1.29, 1.82) is 0 Å². The third-order valence-electron chi connectivity index (χ3n) is 3.94. The number of thioether (sulfide) groups is 2. The van der Waals surface area contributed by atoms with Gasteiger partial charge in [-0.15, -0.1) is 0 Å². The molecule has 0 saturated heterocycles. The highest BCUT2D eigenvalue weighted by molar-refractivity contribution is 8.14. The second-order valence-electron chi connectivity index (χ2n) is 6.34. The van der Waals surface area contributed by atoms with E-state index < -0.39 is 40.8 Å². The molecule has 0 aliphatic carbocycles. The van der Waals surface area contributed by atoms with Crippen LogP contribution in [0.2, 0.25) is 0 Å². The van der Waals surface area contributed by atoms with Crippen LogP contribution in [0.15, 0.2) is 35.2 Å². The summed E-state index contributed by atoms with van der Waals surface area (Å²) in [5, 5.41) is -0.275. The van der Waals surface area contributed by atoms with Gasteiger partial charge in [0, 0.05) is 29.9 Å². The highest BCUT2D eigenvalue weighted by atomic mass is 32.2. The minimum absolute atomic E-state index is 0.0765. The van der Waals surface area contributed by atoms with Crippen molar-refractivity contribution >= 4 is 39.7 Å². The summed E-state index contributed by atoms with van der Waals surface area (Å²) in [4.78, 5) is 36.1. The zero-order valence-electron chi connectivity index (χ0n) is 16.5. The summed E-state index contributed by atoms with van der Waals surface area (Å²) >= 11 is 2.07. The number of carbonyl (C=O) groups excluding carboxylic acids is 3. The van der Waals surface area contributed by atoms with E-state index in [-0.39, 0.29) is 42.3 Å². The standard InChI is InChI=1S/C21H17F5O4S2/c22-16-17(23)19(25)21(20(26)18(16)24)30-13(27)8-4-5-9-14(28)31-11-10-15(29)32-12-6-2-1-3-7-12/h1-3,6-7H,4-5,8-11H2. The van der Waals surface area contributed by atoms with Crippen molar-refractivity contribution in [2.24, 2.45) is 0 Å². The van der Waals surface area contributed by atoms with Crippen molar-refractivity contribution in [3.63, 3.8) is 0 Å². The molecule has 11 heteroatoms. The predicted octanol–water partition coefficient (Wildman–Crippen LogP) is 5.82. The topological polar surface area (TPSA) is 60.4 Å². The Balaban J connectivity index is 1.65. The van der Waals surface area contributed by atoms with Gasteiger partial charge in [0.05, 0.1) is 0 Å². The Labute approximate surface area is 188 Å². The van der Waals surface area contributed by atoms with Gasteiger partial charge in [0.25, 0.3) is 0 Å². The van der Waals surface area contributed by atoms with E-state index >= 15 is 0 Å². The molecule has 0 atom stereocenters. The van der Waals surface area contributed by atoms with Crippen LogP contribution in [0.1, 0.15) is 32.1 Å². The van der Waals surface area contributed by atoms with Gasteiger partial charge in [-0.05, 0) is 25.0 Å². The molecule has 172 valence electrons. The van der Waals surface area contributed by atoms with E-state index in [0.717, 1.165) is 28.4 Å². The van der Waals surface area contributed by atoms with Gasteiger partial charge in [0.1, 0.15) is 0 Å². The summed E-state index contributed by atoms with van der Waals surface area (Å²) < 4.78 is 70.4. The van der Waals surface area contributed by atoms with E-state index in [9.17, 15) is 36.3 Å². The van der Waals surface area contributed by atoms with Crippen molar-refractivity contribution in [2.75, 3.05) is 5.75 Å². The summed E-state index contributed by atoms with van der Waals surface area (Å²) in [6.45, 7) is 0. The van der Waals surface area contributed by atoms with Gasteiger partial charge in [0.2, 0.25) is 34.8 Å². The van der Waals surface area contributed by atoms with Gasteiger partial charge in [-0.2, -0.15) is 8.78 Å². The van der Waals surface area contributed by atoms with Crippen LogP contribution < -0.4 is 4.74 Å². The minimum Gasteiger partial charge on any atom is -0.420 e. The Hall–Kier alpha value is -2.40. The quantitative estimate of drug-likeness (QED) is 0.0793. The molecule has 0 heterocycles. The molecule has 0 aliphatic heterocycles. The monoisotopic (exact) mass is 492 g/mol. The molecule has 2 aromatic rings. The number of hydrogen-bond donors (Lipinski definition) is 0. The van der Waals surface area contributed by atoms with Crippen molar-refractivity contribution in [1.82, 2.24) is 0 Å². The van der Waals surface area contributed by atoms with E-state index in [2.05, 4.69) is 4.74 Å². The van der Waals surface area contributed by atoms with Gasteiger partial charge < -0.3 is 4.74 Å². The molecule has 4 nitrogen and oxygen atoms in total. The van der Waals surface area contributed by atoms with Crippen molar-refractivity contribution in [3.8, 4) is 5.75 Å². The van der Waals surface area contributed by atoms with E-state index in [1.807, 2.05) is 18.2 Å². The lowest BCUT2D eigenvalue weighted by molar-refractivity contribution is -0.135. The van der Waals surface area contributed by atoms with Crippen molar-refractivity contribution < 1.29 is 41.1 Å². The van der Waals surface area contributed by atoms with Gasteiger partial charge in [0.15, 0.2) is 10.2 Å². The first-order valence-electron chi connectivity index (χ1n) is 9.34. The molecular weight excluding hydrogens is 475 g/mol. The third kappa shape index (κ3) is 7.63. The first-order valence-corrected chi connectivity index (χ1v) is 11.1. The van der Waals surface area contributed by atoms with Crippen molar-refractivity contribution in [3.05, 3.63) is 59.4 Å². The summed E-state index contributed by atoms with van der Waals surface area (Å²) in [5.74, 6) is -13.8. The molecule has 2 rings (SSSR count). The highest BCUT2D eigenvalue weighted by Gasteiger charge is 2.28. The van der Waals surface area contributed by atoms with E-state index in [1.165, 1.54) is 0 Å². The molecule has 0 aliphatic rings. The average Bonchev–Trinajstić information content (AvgIpc) is 2.77. The molecule has 0 unspecified atom stereocenters. The molecule has 0 spiro atoms. The molecule has 2 aromatic carbocycles. The zero-order valence-corrected chi connectivity index (χ0v) is 18.1. The van der Waals surface area contributed by atoms with Gasteiger partial charge in [-0.25, -0.2) is 13.2 Å². The van der Waals surface area contributed by atoms with Crippen molar-refractivity contribution in [2.45, 2.75) is 37.0 Å². The smallest absolute Gasteiger partial charge is 0.311 e. The number of ether oxygens (including phenoxy) is 1. The Morgan fingerprint density at radius 3 is 1.91 bits per heavy atom. The molecule has 0 bridgehead atoms.